The van der Waals surface area contributed by atoms with Gasteiger partial charge in [0.15, 0.2) is 0 Å². The van der Waals surface area contributed by atoms with Gasteiger partial charge in [-0.2, -0.15) is 0 Å². The maximum Gasteiger partial charge on any atom is 0.121 e. The van der Waals surface area contributed by atoms with Crippen molar-refractivity contribution in [2.45, 2.75) is 165 Å². The van der Waals surface area contributed by atoms with Crippen molar-refractivity contribution < 1.29 is 0 Å². The fourth-order valence-corrected chi connectivity index (χ4v) is 19.6. The summed E-state index contributed by atoms with van der Waals surface area (Å²) >= 11 is 8.87. The van der Waals surface area contributed by atoms with Gasteiger partial charge in [0.1, 0.15) is 15.4 Å². The molecule has 0 amide bonds. The zero-order valence-electron chi connectivity index (χ0n) is 28.4. The van der Waals surface area contributed by atoms with Crippen molar-refractivity contribution in [3.05, 3.63) is 57.6 Å². The van der Waals surface area contributed by atoms with Crippen molar-refractivity contribution in [1.29, 1.82) is 0 Å². The third-order valence-corrected chi connectivity index (χ3v) is 20.6. The highest BCUT2D eigenvalue weighted by Gasteiger charge is 2.54. The number of nitrogens with zero attached hydrogens (tertiary/aromatic N) is 2. The van der Waals surface area contributed by atoms with Crippen LogP contribution in [0.5, 0.6) is 0 Å². The Labute approximate surface area is 286 Å². The molecule has 2 unspecified atom stereocenters. The van der Waals surface area contributed by atoms with Gasteiger partial charge in [0, 0.05) is 11.4 Å². The van der Waals surface area contributed by atoms with Crippen LogP contribution in [0.2, 0.25) is 0 Å². The van der Waals surface area contributed by atoms with Crippen molar-refractivity contribution in [2.24, 2.45) is 0 Å². The number of hydrogen-bond donors (Lipinski definition) is 0. The van der Waals surface area contributed by atoms with E-state index < -0.39 is 6.89 Å². The lowest BCUT2D eigenvalue weighted by atomic mass is 9.99. The Morgan fingerprint density at radius 1 is 0.477 bits per heavy atom. The molecule has 4 aliphatic rings. The van der Waals surface area contributed by atoms with Crippen molar-refractivity contribution >= 4 is 55.7 Å². The fraction of sp³-hybridized carbons (Fsp3) is 0.667. The first kappa shape index (κ1) is 33.2. The summed E-state index contributed by atoms with van der Waals surface area (Å²) in [5.41, 5.74) is 15.7. The zero-order chi connectivity index (χ0) is 31.2. The molecule has 2 atom stereocenters. The topological polar surface area (TPSA) is 6.48 Å². The second-order valence-electron chi connectivity index (χ2n) is 15.0. The molecule has 2 aromatic carbocycles. The third-order valence-electron chi connectivity index (χ3n) is 11.8. The summed E-state index contributed by atoms with van der Waals surface area (Å²) in [5, 5.41) is 0. The summed E-state index contributed by atoms with van der Waals surface area (Å²) in [6, 6.07) is 9.76. The van der Waals surface area contributed by atoms with E-state index in [1.807, 2.05) is 0 Å². The highest BCUT2D eigenvalue weighted by atomic mass is 79.9. The highest BCUT2D eigenvalue weighted by molar-refractivity contribution is 9.12. The zero-order valence-corrected chi connectivity index (χ0v) is 32.5. The molecule has 1 saturated heterocycles. The first-order valence-corrected chi connectivity index (χ1v) is 21.8. The van der Waals surface area contributed by atoms with E-state index in [2.05, 4.69) is 107 Å². The summed E-state index contributed by atoms with van der Waals surface area (Å²) in [6.07, 6.45) is 21.6. The smallest absolute Gasteiger partial charge is 0.121 e. The van der Waals surface area contributed by atoms with Crippen LogP contribution in [0.25, 0.3) is 0 Å². The minimum atomic E-state index is -1.68. The average Bonchev–Trinajstić information content (AvgIpc) is 3.24. The standard InChI is InChI=1S/C39H57Br2N2P/c1-26-22-28(3)35(29(4)23-26)42-37(40)38(41)43(36-30(5)24-27(2)25-31(36)6)39(42)44(32-16-10-7-11-17-32,33-18-12-8-13-19-33)34-20-14-9-15-21-34/h22-25,32-34,37-38H,7-21H2,1-6H3. The van der Waals surface area contributed by atoms with Gasteiger partial charge in [-0.3, -0.25) is 0 Å². The van der Waals surface area contributed by atoms with Gasteiger partial charge in [0.05, 0.1) is 0 Å². The average molecular weight is 745 g/mol. The molecule has 0 bridgehead atoms. The van der Waals surface area contributed by atoms with Gasteiger partial charge in [-0.05, 0) is 119 Å². The Kier molecular flexibility index (Phi) is 10.4. The van der Waals surface area contributed by atoms with Crippen LogP contribution in [-0.4, -0.2) is 32.4 Å². The molecule has 2 aromatic rings. The Hall–Kier alpha value is -0.700. The number of rotatable bonds is 5. The number of alkyl halides is 2. The Morgan fingerprint density at radius 2 is 0.750 bits per heavy atom. The van der Waals surface area contributed by atoms with E-state index in [0.29, 0.717) is 0 Å². The number of halogens is 2. The minimum Gasteiger partial charge on any atom is -0.311 e. The molecule has 1 aliphatic heterocycles. The molecule has 5 heteroatoms. The molecule has 0 radical (unpaired) electrons. The lowest BCUT2D eigenvalue weighted by Crippen LogP contribution is -2.45. The van der Waals surface area contributed by atoms with Crippen LogP contribution in [0.1, 0.15) is 130 Å². The lowest BCUT2D eigenvalue weighted by molar-refractivity contribution is 0.458. The monoisotopic (exact) mass is 742 g/mol. The number of anilines is 2. The quantitative estimate of drug-likeness (QED) is 0.171. The predicted molar refractivity (Wildman–Crippen MR) is 204 cm³/mol. The molecule has 2 nitrogen and oxygen atoms in total. The molecular formula is C39H57Br2N2P. The van der Waals surface area contributed by atoms with E-state index in [9.17, 15) is 0 Å². The van der Waals surface area contributed by atoms with Gasteiger partial charge in [-0.25, -0.2) is 0 Å². The van der Waals surface area contributed by atoms with Crippen LogP contribution in [0, 0.1) is 41.5 Å². The lowest BCUT2D eigenvalue weighted by Gasteiger charge is -2.53. The van der Waals surface area contributed by atoms with E-state index in [0.717, 1.165) is 17.0 Å². The van der Waals surface area contributed by atoms with Crippen LogP contribution in [0.15, 0.2) is 24.3 Å². The Morgan fingerprint density at radius 3 is 1.02 bits per heavy atom. The summed E-state index contributed by atoms with van der Waals surface area (Å²) in [5.74, 6) is 0. The molecule has 3 saturated carbocycles. The SMILES string of the molecule is Cc1cc(C)c(N2C(=P(C3CCCCC3)(C3CCCCC3)C3CCCCC3)N(c3c(C)cc(C)cc3C)C(Br)C2Br)c(C)c1. The van der Waals surface area contributed by atoms with Crippen LogP contribution in [0.4, 0.5) is 11.4 Å². The van der Waals surface area contributed by atoms with E-state index in [4.69, 9.17) is 0 Å². The molecule has 3 aliphatic carbocycles. The first-order valence-electron chi connectivity index (χ1n) is 17.9. The van der Waals surface area contributed by atoms with Gasteiger partial charge in [0.25, 0.3) is 0 Å². The largest absolute Gasteiger partial charge is 0.311 e. The van der Waals surface area contributed by atoms with E-state index in [-0.39, 0.29) is 9.90 Å². The Bertz CT molecular complexity index is 1230. The molecule has 1 heterocycles. The van der Waals surface area contributed by atoms with Crippen molar-refractivity contribution in [2.75, 3.05) is 9.80 Å². The predicted octanol–water partition coefficient (Wildman–Crippen LogP) is 12.4. The van der Waals surface area contributed by atoms with Gasteiger partial charge in [0.2, 0.25) is 0 Å². The summed E-state index contributed by atoms with van der Waals surface area (Å²) in [4.78, 5) is 6.17. The van der Waals surface area contributed by atoms with Crippen molar-refractivity contribution in [1.82, 2.24) is 0 Å². The molecule has 44 heavy (non-hydrogen) atoms. The fourth-order valence-electron chi connectivity index (χ4n) is 10.4. The van der Waals surface area contributed by atoms with Gasteiger partial charge in [-0.1, -0.05) is 132 Å². The molecule has 0 N–H and O–H groups in total. The maximum absolute atomic E-state index is 4.43. The van der Waals surface area contributed by atoms with E-state index >= 15 is 0 Å². The molecule has 4 fully saturated rings. The van der Waals surface area contributed by atoms with Crippen LogP contribution < -0.4 is 9.80 Å². The van der Waals surface area contributed by atoms with Crippen LogP contribution in [0.3, 0.4) is 0 Å². The van der Waals surface area contributed by atoms with Crippen molar-refractivity contribution in [3.63, 3.8) is 0 Å². The Balaban J connectivity index is 1.78. The van der Waals surface area contributed by atoms with Crippen LogP contribution in [-0.2, 0) is 0 Å². The molecule has 0 spiro atoms. The van der Waals surface area contributed by atoms with Gasteiger partial charge < -0.3 is 9.80 Å². The maximum atomic E-state index is 4.43. The molecule has 242 valence electrons. The normalized spacial score (nSPS) is 24.9. The summed E-state index contributed by atoms with van der Waals surface area (Å²) in [7, 11) is 0. The van der Waals surface area contributed by atoms with Gasteiger partial charge in [-0.15, -0.1) is 0 Å². The molecule has 0 aromatic heterocycles. The van der Waals surface area contributed by atoms with Gasteiger partial charge >= 0.3 is 0 Å². The van der Waals surface area contributed by atoms with E-state index in [1.54, 1.807) is 5.54 Å². The second-order valence-corrected chi connectivity index (χ2v) is 21.1. The van der Waals surface area contributed by atoms with Crippen molar-refractivity contribution in [3.8, 4) is 0 Å². The van der Waals surface area contributed by atoms with E-state index in [1.165, 1.54) is 141 Å². The first-order chi connectivity index (χ1) is 21.2. The number of aryl methyl sites for hydroxylation is 6. The summed E-state index contributed by atoms with van der Waals surface area (Å²) < 4.78 is 0. The molecular weight excluding hydrogens is 687 g/mol. The highest BCUT2D eigenvalue weighted by Crippen LogP contribution is 2.72. The number of benzene rings is 2. The second kappa shape index (κ2) is 13.8. The minimum absolute atomic E-state index is 0.174. The third kappa shape index (κ3) is 5.83. The summed E-state index contributed by atoms with van der Waals surface area (Å²) in [6.45, 7) is 12.4. The number of hydrogen-bond acceptors (Lipinski definition) is 0. The van der Waals surface area contributed by atoms with Crippen LogP contribution >= 0.6 is 38.7 Å². The molecule has 6 rings (SSSR count).